The Balaban J connectivity index is 1.86. The summed E-state index contributed by atoms with van der Waals surface area (Å²) in [6, 6.07) is 14.6. The first-order chi connectivity index (χ1) is 14.7. The highest BCUT2D eigenvalue weighted by Crippen LogP contribution is 2.35. The summed E-state index contributed by atoms with van der Waals surface area (Å²) in [5.74, 6) is -1.28. The van der Waals surface area contributed by atoms with E-state index >= 15 is 0 Å². The van der Waals surface area contributed by atoms with Crippen LogP contribution in [0, 0.1) is 5.82 Å². The Morgan fingerprint density at radius 2 is 1.65 bits per heavy atom. The summed E-state index contributed by atoms with van der Waals surface area (Å²) in [6.45, 7) is 3.09. The van der Waals surface area contributed by atoms with E-state index in [1.54, 1.807) is 6.07 Å². The molecule has 0 aliphatic carbocycles. The Kier molecular flexibility index (Phi) is 6.80. The third-order valence-corrected chi connectivity index (χ3v) is 5.22. The third kappa shape index (κ3) is 5.32. The molecular formula is C23H21BrFNO5. The number of halogens is 2. The van der Waals surface area contributed by atoms with Crippen LogP contribution in [0.15, 0.2) is 59.1 Å². The van der Waals surface area contributed by atoms with Crippen LogP contribution in [-0.2, 0) is 4.79 Å². The highest BCUT2D eigenvalue weighted by atomic mass is 79.9. The maximum absolute atomic E-state index is 13.0. The highest BCUT2D eigenvalue weighted by Gasteiger charge is 2.31. The molecule has 0 fully saturated rings. The number of amides is 1. The minimum absolute atomic E-state index is 0.117. The fourth-order valence-corrected chi connectivity index (χ4v) is 3.44. The average molecular weight is 490 g/mol. The molecule has 162 valence electrons. The van der Waals surface area contributed by atoms with Crippen LogP contribution in [0.4, 0.5) is 4.39 Å². The quantitative estimate of drug-likeness (QED) is 0.444. The van der Waals surface area contributed by atoms with Crippen LogP contribution < -0.4 is 14.8 Å². The first kappa shape index (κ1) is 22.6. The standard InChI is InChI=1S/C23H21BrFNO5/c1-23(2,22(28)29)26-21(27)18-13-19(24)16-5-3-4-6-17(16)20(18)31-12-11-30-15-9-7-14(25)8-10-15/h3-10,13H,11-12H2,1-2H3,(H,26,27)(H,28,29). The molecule has 0 radical (unpaired) electrons. The zero-order chi connectivity index (χ0) is 22.6. The van der Waals surface area contributed by atoms with Gasteiger partial charge < -0.3 is 19.9 Å². The molecular weight excluding hydrogens is 469 g/mol. The molecule has 0 aromatic heterocycles. The lowest BCUT2D eigenvalue weighted by Gasteiger charge is -2.22. The lowest BCUT2D eigenvalue weighted by Crippen LogP contribution is -2.49. The Hall–Kier alpha value is -3.13. The van der Waals surface area contributed by atoms with Crippen LogP contribution in [0.5, 0.6) is 11.5 Å². The molecule has 6 nitrogen and oxygen atoms in total. The number of carbonyl (C=O) groups excluding carboxylic acids is 1. The van der Waals surface area contributed by atoms with Crippen molar-refractivity contribution in [1.29, 1.82) is 0 Å². The van der Waals surface area contributed by atoms with Gasteiger partial charge in [-0.3, -0.25) is 4.79 Å². The minimum atomic E-state index is -1.46. The minimum Gasteiger partial charge on any atom is -0.490 e. The van der Waals surface area contributed by atoms with Crippen molar-refractivity contribution in [1.82, 2.24) is 5.32 Å². The molecule has 1 amide bonds. The Morgan fingerprint density at radius 3 is 2.29 bits per heavy atom. The van der Waals surface area contributed by atoms with E-state index in [9.17, 15) is 19.1 Å². The number of carboxylic acids is 1. The summed E-state index contributed by atoms with van der Waals surface area (Å²) in [5.41, 5.74) is -1.26. The number of carboxylic acid groups (broad SMARTS) is 1. The molecule has 0 saturated carbocycles. The molecule has 3 aromatic rings. The van der Waals surface area contributed by atoms with Gasteiger partial charge in [0, 0.05) is 9.86 Å². The van der Waals surface area contributed by atoms with E-state index in [-0.39, 0.29) is 24.6 Å². The smallest absolute Gasteiger partial charge is 0.328 e. The van der Waals surface area contributed by atoms with Crippen molar-refractivity contribution >= 4 is 38.6 Å². The van der Waals surface area contributed by atoms with E-state index in [0.29, 0.717) is 21.4 Å². The number of aliphatic carboxylic acids is 1. The number of fused-ring (bicyclic) bond motifs is 1. The first-order valence-electron chi connectivity index (χ1n) is 9.47. The van der Waals surface area contributed by atoms with Crippen molar-refractivity contribution in [3.05, 3.63) is 70.5 Å². The van der Waals surface area contributed by atoms with E-state index in [0.717, 1.165) is 5.39 Å². The number of carbonyl (C=O) groups is 2. The normalized spacial score (nSPS) is 11.2. The van der Waals surface area contributed by atoms with Crippen molar-refractivity contribution < 1.29 is 28.6 Å². The largest absolute Gasteiger partial charge is 0.490 e. The molecule has 0 heterocycles. The second-order valence-corrected chi connectivity index (χ2v) is 8.17. The molecule has 0 unspecified atom stereocenters. The predicted octanol–water partition coefficient (Wildman–Crippen LogP) is 4.79. The molecule has 0 aliphatic heterocycles. The maximum Gasteiger partial charge on any atom is 0.328 e. The summed E-state index contributed by atoms with van der Waals surface area (Å²) in [6.07, 6.45) is 0. The van der Waals surface area contributed by atoms with Gasteiger partial charge in [-0.1, -0.05) is 40.2 Å². The van der Waals surface area contributed by atoms with Gasteiger partial charge in [0.05, 0.1) is 5.56 Å². The van der Waals surface area contributed by atoms with E-state index in [1.807, 2.05) is 24.3 Å². The molecule has 0 aliphatic rings. The number of hydrogen-bond acceptors (Lipinski definition) is 4. The Morgan fingerprint density at radius 1 is 1.03 bits per heavy atom. The van der Waals surface area contributed by atoms with Crippen molar-refractivity contribution in [2.24, 2.45) is 0 Å². The lowest BCUT2D eigenvalue weighted by molar-refractivity contribution is -0.143. The summed E-state index contributed by atoms with van der Waals surface area (Å²) in [7, 11) is 0. The van der Waals surface area contributed by atoms with Crippen molar-refractivity contribution in [2.75, 3.05) is 13.2 Å². The zero-order valence-electron chi connectivity index (χ0n) is 16.9. The molecule has 8 heteroatoms. The topological polar surface area (TPSA) is 84.9 Å². The van der Waals surface area contributed by atoms with Crippen LogP contribution in [0.2, 0.25) is 0 Å². The van der Waals surface area contributed by atoms with Crippen molar-refractivity contribution in [2.45, 2.75) is 19.4 Å². The summed E-state index contributed by atoms with van der Waals surface area (Å²) in [4.78, 5) is 24.3. The predicted molar refractivity (Wildman–Crippen MR) is 118 cm³/mol. The van der Waals surface area contributed by atoms with Crippen LogP contribution >= 0.6 is 15.9 Å². The van der Waals surface area contributed by atoms with Crippen LogP contribution in [0.3, 0.4) is 0 Å². The fraction of sp³-hybridized carbons (Fsp3) is 0.217. The molecule has 31 heavy (non-hydrogen) atoms. The average Bonchev–Trinajstić information content (AvgIpc) is 2.73. The van der Waals surface area contributed by atoms with E-state index in [2.05, 4.69) is 21.2 Å². The van der Waals surface area contributed by atoms with Gasteiger partial charge in [0.1, 0.15) is 36.1 Å². The second-order valence-electron chi connectivity index (χ2n) is 7.32. The molecule has 0 atom stereocenters. The third-order valence-electron chi connectivity index (χ3n) is 4.56. The van der Waals surface area contributed by atoms with Gasteiger partial charge in [-0.15, -0.1) is 0 Å². The van der Waals surface area contributed by atoms with Gasteiger partial charge >= 0.3 is 5.97 Å². The van der Waals surface area contributed by atoms with Gasteiger partial charge in [-0.25, -0.2) is 9.18 Å². The van der Waals surface area contributed by atoms with E-state index < -0.39 is 17.4 Å². The molecule has 0 saturated heterocycles. The fourth-order valence-electron chi connectivity index (χ4n) is 2.87. The monoisotopic (exact) mass is 489 g/mol. The molecule has 2 N–H and O–H groups in total. The van der Waals surface area contributed by atoms with Gasteiger partial charge in [0.2, 0.25) is 0 Å². The number of hydrogen-bond donors (Lipinski definition) is 2. The Labute approximate surface area is 187 Å². The maximum atomic E-state index is 13.0. The SMILES string of the molecule is CC(C)(NC(=O)c1cc(Br)c2ccccc2c1OCCOc1ccc(F)cc1)C(=O)O. The van der Waals surface area contributed by atoms with Crippen molar-refractivity contribution in [3.63, 3.8) is 0 Å². The van der Waals surface area contributed by atoms with Crippen LogP contribution in [0.1, 0.15) is 24.2 Å². The van der Waals surface area contributed by atoms with Gasteiger partial charge in [0.15, 0.2) is 0 Å². The van der Waals surface area contributed by atoms with E-state index in [1.165, 1.54) is 38.1 Å². The second kappa shape index (κ2) is 9.34. The molecule has 0 spiro atoms. The number of rotatable bonds is 8. The molecule has 3 rings (SSSR count). The Bertz CT molecular complexity index is 1110. The van der Waals surface area contributed by atoms with Gasteiger partial charge in [-0.05, 0) is 49.6 Å². The molecule has 0 bridgehead atoms. The summed E-state index contributed by atoms with van der Waals surface area (Å²) >= 11 is 3.47. The van der Waals surface area contributed by atoms with E-state index in [4.69, 9.17) is 9.47 Å². The number of nitrogens with one attached hydrogen (secondary N) is 1. The van der Waals surface area contributed by atoms with Gasteiger partial charge in [0.25, 0.3) is 5.91 Å². The first-order valence-corrected chi connectivity index (χ1v) is 10.3. The number of ether oxygens (including phenoxy) is 2. The highest BCUT2D eigenvalue weighted by molar-refractivity contribution is 9.10. The van der Waals surface area contributed by atoms with Crippen LogP contribution in [-0.4, -0.2) is 35.7 Å². The summed E-state index contributed by atoms with van der Waals surface area (Å²) in [5, 5.41) is 13.4. The van der Waals surface area contributed by atoms with Crippen molar-refractivity contribution in [3.8, 4) is 11.5 Å². The number of benzene rings is 3. The zero-order valence-corrected chi connectivity index (χ0v) is 18.5. The van der Waals surface area contributed by atoms with Crippen LogP contribution in [0.25, 0.3) is 10.8 Å². The lowest BCUT2D eigenvalue weighted by atomic mass is 10.0. The molecule has 3 aromatic carbocycles. The van der Waals surface area contributed by atoms with Gasteiger partial charge in [-0.2, -0.15) is 0 Å². The summed E-state index contributed by atoms with van der Waals surface area (Å²) < 4.78 is 25.2.